The van der Waals surface area contributed by atoms with Crippen molar-refractivity contribution < 1.29 is 4.74 Å². The average molecular weight is 326 g/mol. The fourth-order valence-electron chi connectivity index (χ4n) is 3.10. The number of nitrogens with zero attached hydrogens (tertiary/aromatic N) is 6. The van der Waals surface area contributed by atoms with Crippen LogP contribution in [-0.2, 0) is 11.3 Å². The van der Waals surface area contributed by atoms with Crippen LogP contribution in [0.5, 0.6) is 0 Å². The molecule has 126 valence electrons. The largest absolute Gasteiger partial charge is 0.374 e. The molecule has 1 unspecified atom stereocenters. The number of ether oxygens (including phenoxy) is 1. The lowest BCUT2D eigenvalue weighted by Gasteiger charge is -2.35. The summed E-state index contributed by atoms with van der Waals surface area (Å²) >= 11 is 0. The summed E-state index contributed by atoms with van der Waals surface area (Å²) < 4.78 is 9.63. The first-order valence-corrected chi connectivity index (χ1v) is 8.37. The molecule has 1 saturated heterocycles. The van der Waals surface area contributed by atoms with E-state index in [1.807, 2.05) is 35.5 Å². The molecule has 0 spiro atoms. The molecule has 4 heterocycles. The van der Waals surface area contributed by atoms with E-state index in [2.05, 4.69) is 33.9 Å². The van der Waals surface area contributed by atoms with Crippen LogP contribution >= 0.6 is 0 Å². The molecule has 0 aliphatic carbocycles. The van der Waals surface area contributed by atoms with Gasteiger partial charge in [-0.05, 0) is 13.8 Å². The van der Waals surface area contributed by atoms with Crippen molar-refractivity contribution in [3.05, 3.63) is 37.1 Å². The van der Waals surface area contributed by atoms with Crippen LogP contribution in [-0.4, -0.2) is 61.1 Å². The van der Waals surface area contributed by atoms with Gasteiger partial charge in [-0.2, -0.15) is 10.2 Å². The minimum Gasteiger partial charge on any atom is -0.374 e. The second-order valence-electron chi connectivity index (χ2n) is 6.51. The lowest BCUT2D eigenvalue weighted by Crippen LogP contribution is -2.47. The van der Waals surface area contributed by atoms with Crippen LogP contribution in [0.2, 0.25) is 0 Å². The van der Waals surface area contributed by atoms with Gasteiger partial charge in [-0.15, -0.1) is 0 Å². The number of fused-ring (bicyclic) bond motifs is 1. The first-order chi connectivity index (χ1) is 11.7. The van der Waals surface area contributed by atoms with E-state index in [1.165, 1.54) is 0 Å². The zero-order valence-electron chi connectivity index (χ0n) is 14.0. The standard InChI is InChI=1S/C17H22N6O/c1-13(2)21-5-6-24-16(11-21)12-22-9-15(8-20-22)14-7-18-17-3-4-19-23(17)10-14/h3-4,7-10,13,16H,5-6,11-12H2,1-2H3. The Hall–Kier alpha value is -2.25. The number of hydrogen-bond donors (Lipinski definition) is 0. The van der Waals surface area contributed by atoms with Crippen LogP contribution in [0.25, 0.3) is 16.8 Å². The first-order valence-electron chi connectivity index (χ1n) is 8.37. The fourth-order valence-corrected chi connectivity index (χ4v) is 3.10. The van der Waals surface area contributed by atoms with Gasteiger partial charge in [0.25, 0.3) is 0 Å². The molecule has 1 fully saturated rings. The quantitative estimate of drug-likeness (QED) is 0.730. The summed E-state index contributed by atoms with van der Waals surface area (Å²) in [4.78, 5) is 6.86. The Kier molecular flexibility index (Phi) is 4.03. The molecule has 0 radical (unpaired) electrons. The van der Waals surface area contributed by atoms with Gasteiger partial charge < -0.3 is 4.74 Å². The van der Waals surface area contributed by atoms with Crippen LogP contribution in [0.4, 0.5) is 0 Å². The van der Waals surface area contributed by atoms with Gasteiger partial charge in [0.1, 0.15) is 0 Å². The molecule has 3 aromatic rings. The van der Waals surface area contributed by atoms with Gasteiger partial charge in [0.05, 0.1) is 31.6 Å². The van der Waals surface area contributed by atoms with Crippen LogP contribution in [0.1, 0.15) is 13.8 Å². The van der Waals surface area contributed by atoms with Crippen molar-refractivity contribution in [1.29, 1.82) is 0 Å². The normalized spacial score (nSPS) is 19.4. The molecule has 0 bridgehead atoms. The van der Waals surface area contributed by atoms with Crippen LogP contribution in [0.15, 0.2) is 37.1 Å². The maximum atomic E-state index is 5.90. The summed E-state index contributed by atoms with van der Waals surface area (Å²) in [7, 11) is 0. The minimum atomic E-state index is 0.181. The number of rotatable bonds is 4. The molecule has 1 aliphatic heterocycles. The highest BCUT2D eigenvalue weighted by molar-refractivity contribution is 5.61. The Morgan fingerprint density at radius 3 is 2.96 bits per heavy atom. The summed E-state index contributed by atoms with van der Waals surface area (Å²) in [5, 5.41) is 8.72. The molecular weight excluding hydrogens is 304 g/mol. The van der Waals surface area contributed by atoms with Crippen molar-refractivity contribution in [2.75, 3.05) is 19.7 Å². The van der Waals surface area contributed by atoms with Crippen molar-refractivity contribution in [3.63, 3.8) is 0 Å². The van der Waals surface area contributed by atoms with Crippen molar-refractivity contribution in [2.24, 2.45) is 0 Å². The number of hydrogen-bond acceptors (Lipinski definition) is 5. The Bertz CT molecular complexity index is 823. The van der Waals surface area contributed by atoms with Crippen LogP contribution in [0.3, 0.4) is 0 Å². The second-order valence-corrected chi connectivity index (χ2v) is 6.51. The monoisotopic (exact) mass is 326 g/mol. The SMILES string of the molecule is CC(C)N1CCOC(Cn2cc(-c3cnc4ccnn4c3)cn2)C1. The Labute approximate surface area is 140 Å². The summed E-state index contributed by atoms with van der Waals surface area (Å²) in [6, 6.07) is 2.44. The van der Waals surface area contributed by atoms with Crippen molar-refractivity contribution in [3.8, 4) is 11.1 Å². The lowest BCUT2D eigenvalue weighted by atomic mass is 10.2. The van der Waals surface area contributed by atoms with Gasteiger partial charge in [-0.1, -0.05) is 0 Å². The molecule has 1 aliphatic rings. The first kappa shape index (κ1) is 15.3. The van der Waals surface area contributed by atoms with Gasteiger partial charge in [0.15, 0.2) is 5.65 Å². The van der Waals surface area contributed by atoms with Crippen molar-refractivity contribution >= 4 is 5.65 Å². The third kappa shape index (κ3) is 3.05. The Morgan fingerprint density at radius 2 is 2.08 bits per heavy atom. The van der Waals surface area contributed by atoms with Crippen molar-refractivity contribution in [1.82, 2.24) is 29.3 Å². The van der Waals surface area contributed by atoms with E-state index in [-0.39, 0.29) is 6.10 Å². The highest BCUT2D eigenvalue weighted by atomic mass is 16.5. The van der Waals surface area contributed by atoms with Gasteiger partial charge in [-0.3, -0.25) is 9.58 Å². The topological polar surface area (TPSA) is 60.5 Å². The zero-order valence-corrected chi connectivity index (χ0v) is 14.0. The zero-order chi connectivity index (χ0) is 16.5. The minimum absolute atomic E-state index is 0.181. The van der Waals surface area contributed by atoms with Gasteiger partial charge in [0.2, 0.25) is 0 Å². The lowest BCUT2D eigenvalue weighted by molar-refractivity contribution is -0.0469. The van der Waals surface area contributed by atoms with E-state index in [4.69, 9.17) is 4.74 Å². The van der Waals surface area contributed by atoms with E-state index in [1.54, 1.807) is 10.7 Å². The van der Waals surface area contributed by atoms with Crippen LogP contribution in [0, 0.1) is 0 Å². The molecule has 24 heavy (non-hydrogen) atoms. The molecule has 0 N–H and O–H groups in total. The predicted octanol–water partition coefficient (Wildman–Crippen LogP) is 1.70. The van der Waals surface area contributed by atoms with Gasteiger partial charge in [0, 0.05) is 54.9 Å². The van der Waals surface area contributed by atoms with E-state index >= 15 is 0 Å². The molecule has 7 nitrogen and oxygen atoms in total. The molecule has 7 heteroatoms. The molecule has 3 aromatic heterocycles. The average Bonchev–Trinajstić information content (AvgIpc) is 3.23. The third-order valence-electron chi connectivity index (χ3n) is 4.50. The van der Waals surface area contributed by atoms with E-state index in [9.17, 15) is 0 Å². The van der Waals surface area contributed by atoms with E-state index in [0.717, 1.165) is 43.0 Å². The second kappa shape index (κ2) is 6.33. The maximum absolute atomic E-state index is 5.90. The summed E-state index contributed by atoms with van der Waals surface area (Å²) in [5.41, 5.74) is 2.89. The molecular formula is C17H22N6O. The Balaban J connectivity index is 1.48. The summed E-state index contributed by atoms with van der Waals surface area (Å²) in [5.74, 6) is 0. The van der Waals surface area contributed by atoms with Crippen LogP contribution < -0.4 is 0 Å². The summed E-state index contributed by atoms with van der Waals surface area (Å²) in [6.07, 6.45) is 9.67. The third-order valence-corrected chi connectivity index (χ3v) is 4.50. The molecule has 0 aromatic carbocycles. The number of morpholine rings is 1. The molecule has 0 saturated carbocycles. The van der Waals surface area contributed by atoms with E-state index in [0.29, 0.717) is 6.04 Å². The maximum Gasteiger partial charge on any atom is 0.154 e. The van der Waals surface area contributed by atoms with Gasteiger partial charge >= 0.3 is 0 Å². The Morgan fingerprint density at radius 1 is 1.21 bits per heavy atom. The fraction of sp³-hybridized carbons (Fsp3) is 0.471. The summed E-state index contributed by atoms with van der Waals surface area (Å²) in [6.45, 7) is 7.97. The smallest absolute Gasteiger partial charge is 0.154 e. The predicted molar refractivity (Wildman–Crippen MR) is 90.7 cm³/mol. The highest BCUT2D eigenvalue weighted by Gasteiger charge is 2.22. The van der Waals surface area contributed by atoms with Gasteiger partial charge in [-0.25, -0.2) is 9.50 Å². The molecule has 1 atom stereocenters. The number of aromatic nitrogens is 5. The molecule has 0 amide bonds. The van der Waals surface area contributed by atoms with E-state index < -0.39 is 0 Å². The highest BCUT2D eigenvalue weighted by Crippen LogP contribution is 2.18. The van der Waals surface area contributed by atoms with Crippen molar-refractivity contribution in [2.45, 2.75) is 32.5 Å². The molecule has 4 rings (SSSR count).